The van der Waals surface area contributed by atoms with E-state index in [4.69, 9.17) is 5.26 Å². The van der Waals surface area contributed by atoms with Crippen LogP contribution in [0.5, 0.6) is 0 Å². The van der Waals surface area contributed by atoms with E-state index in [1.54, 1.807) is 0 Å². The second-order valence-electron chi connectivity index (χ2n) is 2.53. The molecule has 2 aromatic rings. The third-order valence-corrected chi connectivity index (χ3v) is 2.20. The van der Waals surface area contributed by atoms with Crippen LogP contribution in [0.15, 0.2) is 28.7 Å². The molecule has 1 aromatic carbocycles. The zero-order chi connectivity index (χ0) is 8.55. The van der Waals surface area contributed by atoms with Crippen molar-refractivity contribution in [3.05, 3.63) is 34.4 Å². The molecule has 0 aliphatic heterocycles. The Bertz CT molecular complexity index is 465. The summed E-state index contributed by atoms with van der Waals surface area (Å²) in [5.74, 6) is 0. The normalized spacial score (nSPS) is 10.0. The predicted molar refractivity (Wildman–Crippen MR) is 50.7 cm³/mol. The van der Waals surface area contributed by atoms with Crippen LogP contribution >= 0.6 is 15.9 Å². The number of hydrogen-bond donors (Lipinski definition) is 1. The van der Waals surface area contributed by atoms with Crippen LogP contribution in [0.4, 0.5) is 0 Å². The second kappa shape index (κ2) is 2.65. The van der Waals surface area contributed by atoms with Crippen molar-refractivity contribution in [3.63, 3.8) is 0 Å². The van der Waals surface area contributed by atoms with Gasteiger partial charge >= 0.3 is 0 Å². The summed E-state index contributed by atoms with van der Waals surface area (Å²) in [7, 11) is 0. The maximum absolute atomic E-state index is 8.61. The van der Waals surface area contributed by atoms with Gasteiger partial charge in [0.15, 0.2) is 0 Å². The monoisotopic (exact) mass is 220 g/mol. The first-order valence-electron chi connectivity index (χ1n) is 3.48. The third kappa shape index (κ3) is 1.10. The number of aromatic nitrogens is 1. The highest BCUT2D eigenvalue weighted by atomic mass is 79.9. The van der Waals surface area contributed by atoms with Gasteiger partial charge in [-0.3, -0.25) is 0 Å². The summed E-state index contributed by atoms with van der Waals surface area (Å²) < 4.78 is 1.03. The number of H-pyrrole nitrogens is 1. The summed E-state index contributed by atoms with van der Waals surface area (Å²) in [5, 5.41) is 9.67. The largest absolute Gasteiger partial charge is 0.346 e. The second-order valence-corrected chi connectivity index (χ2v) is 3.44. The molecule has 0 atom stereocenters. The molecule has 0 bridgehead atoms. The lowest BCUT2D eigenvalue weighted by atomic mass is 10.2. The minimum atomic E-state index is 0.600. The minimum absolute atomic E-state index is 0.600. The van der Waals surface area contributed by atoms with Crippen LogP contribution in [0.3, 0.4) is 0 Å². The molecule has 3 heteroatoms. The number of halogens is 1. The Morgan fingerprint density at radius 1 is 1.33 bits per heavy atom. The number of hydrogen-bond acceptors (Lipinski definition) is 1. The standard InChI is InChI=1S/C9H5BrN2/c10-7-1-2-9-6(3-7)4-8(5-11)12-9/h1-4,12H. The van der Waals surface area contributed by atoms with Gasteiger partial charge in [0.05, 0.1) is 0 Å². The average Bonchev–Trinajstić information content (AvgIpc) is 2.46. The maximum Gasteiger partial charge on any atom is 0.118 e. The lowest BCUT2D eigenvalue weighted by molar-refractivity contribution is 1.37. The summed E-state index contributed by atoms with van der Waals surface area (Å²) in [6.07, 6.45) is 0. The fourth-order valence-corrected chi connectivity index (χ4v) is 1.54. The van der Waals surface area contributed by atoms with E-state index in [0.717, 1.165) is 15.4 Å². The molecule has 0 aliphatic rings. The van der Waals surface area contributed by atoms with Crippen molar-refractivity contribution >= 4 is 26.8 Å². The van der Waals surface area contributed by atoms with Crippen LogP contribution in [0, 0.1) is 11.3 Å². The smallest absolute Gasteiger partial charge is 0.118 e. The number of aromatic amines is 1. The van der Waals surface area contributed by atoms with E-state index in [9.17, 15) is 0 Å². The minimum Gasteiger partial charge on any atom is -0.346 e. The van der Waals surface area contributed by atoms with Crippen LogP contribution in [-0.2, 0) is 0 Å². The van der Waals surface area contributed by atoms with Crippen molar-refractivity contribution < 1.29 is 0 Å². The molecular formula is C9H5BrN2. The molecule has 0 fully saturated rings. The molecule has 2 nitrogen and oxygen atoms in total. The molecule has 0 saturated heterocycles. The quantitative estimate of drug-likeness (QED) is 0.729. The molecule has 0 radical (unpaired) electrons. The third-order valence-electron chi connectivity index (χ3n) is 1.70. The van der Waals surface area contributed by atoms with Crippen LogP contribution in [0.1, 0.15) is 5.69 Å². The van der Waals surface area contributed by atoms with Gasteiger partial charge in [-0.2, -0.15) is 5.26 Å². The molecule has 1 aromatic heterocycles. The zero-order valence-corrected chi connectivity index (χ0v) is 7.72. The summed E-state index contributed by atoms with van der Waals surface area (Å²) in [4.78, 5) is 2.99. The van der Waals surface area contributed by atoms with Gasteiger partial charge in [0.2, 0.25) is 0 Å². The highest BCUT2D eigenvalue weighted by molar-refractivity contribution is 9.10. The van der Waals surface area contributed by atoms with Gasteiger partial charge in [-0.25, -0.2) is 0 Å². The Hall–Kier alpha value is -1.27. The molecular weight excluding hydrogens is 216 g/mol. The molecule has 2 rings (SSSR count). The van der Waals surface area contributed by atoms with E-state index < -0.39 is 0 Å². The van der Waals surface area contributed by atoms with Crippen molar-refractivity contribution in [2.24, 2.45) is 0 Å². The van der Waals surface area contributed by atoms with E-state index in [0.29, 0.717) is 5.69 Å². The van der Waals surface area contributed by atoms with Gasteiger partial charge in [0.1, 0.15) is 11.8 Å². The van der Waals surface area contributed by atoms with E-state index in [-0.39, 0.29) is 0 Å². The Kier molecular flexibility index (Phi) is 1.63. The highest BCUT2D eigenvalue weighted by Gasteiger charge is 1.98. The van der Waals surface area contributed by atoms with Crippen molar-refractivity contribution in [2.45, 2.75) is 0 Å². The number of rotatable bonds is 0. The number of benzene rings is 1. The maximum atomic E-state index is 8.61. The fraction of sp³-hybridized carbons (Fsp3) is 0. The summed E-state index contributed by atoms with van der Waals surface area (Å²) in [6, 6.07) is 9.77. The molecule has 58 valence electrons. The molecule has 0 saturated carbocycles. The van der Waals surface area contributed by atoms with Crippen molar-refractivity contribution in [2.75, 3.05) is 0 Å². The summed E-state index contributed by atoms with van der Waals surface area (Å²) in [6.45, 7) is 0. The topological polar surface area (TPSA) is 39.6 Å². The summed E-state index contributed by atoms with van der Waals surface area (Å²) >= 11 is 3.37. The molecule has 0 spiro atoms. The first kappa shape index (κ1) is 7.38. The highest BCUT2D eigenvalue weighted by Crippen LogP contribution is 2.19. The Morgan fingerprint density at radius 3 is 2.92 bits per heavy atom. The lowest BCUT2D eigenvalue weighted by Crippen LogP contribution is -1.68. The number of nitrogens with zero attached hydrogens (tertiary/aromatic N) is 1. The molecule has 12 heavy (non-hydrogen) atoms. The van der Waals surface area contributed by atoms with E-state index >= 15 is 0 Å². The number of nitriles is 1. The van der Waals surface area contributed by atoms with E-state index in [1.807, 2.05) is 24.3 Å². The lowest BCUT2D eigenvalue weighted by Gasteiger charge is -1.88. The van der Waals surface area contributed by atoms with Gasteiger partial charge in [0, 0.05) is 15.4 Å². The van der Waals surface area contributed by atoms with E-state index in [1.165, 1.54) is 0 Å². The SMILES string of the molecule is N#Cc1cc2cc(Br)ccc2[nH]1. The van der Waals surface area contributed by atoms with Crippen LogP contribution < -0.4 is 0 Å². The number of fused-ring (bicyclic) bond motifs is 1. The Balaban J connectivity index is 2.77. The fourth-order valence-electron chi connectivity index (χ4n) is 1.16. The Morgan fingerprint density at radius 2 is 2.17 bits per heavy atom. The van der Waals surface area contributed by atoms with Gasteiger partial charge < -0.3 is 4.98 Å². The van der Waals surface area contributed by atoms with Gasteiger partial charge in [-0.15, -0.1) is 0 Å². The number of nitrogens with one attached hydrogen (secondary N) is 1. The van der Waals surface area contributed by atoms with Gasteiger partial charge in [-0.05, 0) is 24.3 Å². The Labute approximate surface area is 77.9 Å². The van der Waals surface area contributed by atoms with E-state index in [2.05, 4.69) is 27.0 Å². The summed E-state index contributed by atoms with van der Waals surface area (Å²) in [5.41, 5.74) is 1.60. The molecule has 0 amide bonds. The van der Waals surface area contributed by atoms with Crippen molar-refractivity contribution in [3.8, 4) is 6.07 Å². The van der Waals surface area contributed by atoms with Crippen LogP contribution in [-0.4, -0.2) is 4.98 Å². The predicted octanol–water partition coefficient (Wildman–Crippen LogP) is 2.80. The van der Waals surface area contributed by atoms with Gasteiger partial charge in [0.25, 0.3) is 0 Å². The van der Waals surface area contributed by atoms with Crippen LogP contribution in [0.25, 0.3) is 10.9 Å². The molecule has 1 heterocycles. The van der Waals surface area contributed by atoms with Crippen molar-refractivity contribution in [1.82, 2.24) is 4.98 Å². The van der Waals surface area contributed by atoms with Crippen molar-refractivity contribution in [1.29, 1.82) is 5.26 Å². The first-order chi connectivity index (χ1) is 5.79. The first-order valence-corrected chi connectivity index (χ1v) is 4.27. The molecule has 1 N–H and O–H groups in total. The average molecular weight is 221 g/mol. The molecule has 0 unspecified atom stereocenters. The molecule has 0 aliphatic carbocycles. The van der Waals surface area contributed by atoms with Gasteiger partial charge in [-0.1, -0.05) is 15.9 Å². The van der Waals surface area contributed by atoms with Crippen LogP contribution in [0.2, 0.25) is 0 Å². The zero-order valence-electron chi connectivity index (χ0n) is 6.13.